The van der Waals surface area contributed by atoms with Crippen LogP contribution in [-0.2, 0) is 13.1 Å². The van der Waals surface area contributed by atoms with Crippen molar-refractivity contribution < 1.29 is 0 Å². The van der Waals surface area contributed by atoms with E-state index in [4.69, 9.17) is 23.2 Å². The SMILES string of the molecule is C=CCn1cc(/C=N/NCc2c(Cl)cccc2Cl)c2ccccc21. The predicted molar refractivity (Wildman–Crippen MR) is 103 cm³/mol. The zero-order valence-corrected chi connectivity index (χ0v) is 14.6. The third-order valence-electron chi connectivity index (χ3n) is 3.76. The Kier molecular flexibility index (Phi) is 5.24. The number of nitrogens with zero attached hydrogens (tertiary/aromatic N) is 2. The van der Waals surface area contributed by atoms with Gasteiger partial charge in [0.15, 0.2) is 0 Å². The molecule has 3 rings (SSSR count). The number of benzene rings is 2. The highest BCUT2D eigenvalue weighted by Gasteiger charge is 2.06. The number of aromatic nitrogens is 1. The fourth-order valence-electron chi connectivity index (χ4n) is 2.61. The van der Waals surface area contributed by atoms with E-state index in [1.54, 1.807) is 0 Å². The van der Waals surface area contributed by atoms with Crippen molar-refractivity contribution in [1.29, 1.82) is 0 Å². The maximum Gasteiger partial charge on any atom is 0.0609 e. The van der Waals surface area contributed by atoms with Gasteiger partial charge < -0.3 is 9.99 Å². The Morgan fingerprint density at radius 2 is 1.83 bits per heavy atom. The van der Waals surface area contributed by atoms with Crippen molar-refractivity contribution >= 4 is 40.3 Å². The Bertz CT molecular complexity index is 877. The summed E-state index contributed by atoms with van der Waals surface area (Å²) in [5.41, 5.74) is 6.06. The van der Waals surface area contributed by atoms with Crippen molar-refractivity contribution in [3.8, 4) is 0 Å². The summed E-state index contributed by atoms with van der Waals surface area (Å²) in [6, 6.07) is 13.7. The number of hydrazone groups is 1. The molecule has 0 spiro atoms. The molecule has 0 unspecified atom stereocenters. The zero-order valence-electron chi connectivity index (χ0n) is 13.0. The standard InChI is InChI=1S/C19H17Cl2N3/c1-2-10-24-13-14(15-6-3-4-9-19(15)24)11-22-23-12-16-17(20)7-5-8-18(16)21/h2-9,11,13,23H,1,10,12H2/b22-11+. The summed E-state index contributed by atoms with van der Waals surface area (Å²) in [5.74, 6) is 0. The molecule has 0 aliphatic rings. The molecular weight excluding hydrogens is 341 g/mol. The van der Waals surface area contributed by atoms with Gasteiger partial charge in [0.2, 0.25) is 0 Å². The lowest BCUT2D eigenvalue weighted by molar-refractivity contribution is 0.748. The molecule has 0 fully saturated rings. The number of hydrogen-bond donors (Lipinski definition) is 1. The van der Waals surface area contributed by atoms with Crippen molar-refractivity contribution in [2.45, 2.75) is 13.1 Å². The van der Waals surface area contributed by atoms with Crippen LogP contribution in [0.1, 0.15) is 11.1 Å². The third kappa shape index (κ3) is 3.48. The minimum atomic E-state index is 0.473. The van der Waals surface area contributed by atoms with Gasteiger partial charge in [0.1, 0.15) is 0 Å². The average molecular weight is 358 g/mol. The lowest BCUT2D eigenvalue weighted by atomic mass is 10.2. The van der Waals surface area contributed by atoms with Crippen molar-refractivity contribution in [3.63, 3.8) is 0 Å². The number of rotatable bonds is 6. The second-order valence-corrected chi connectivity index (χ2v) is 6.15. The quantitative estimate of drug-likeness (QED) is 0.364. The van der Waals surface area contributed by atoms with E-state index >= 15 is 0 Å². The molecule has 0 aliphatic heterocycles. The van der Waals surface area contributed by atoms with Gasteiger partial charge in [-0.25, -0.2) is 0 Å². The molecule has 0 aliphatic carbocycles. The van der Waals surface area contributed by atoms with Gasteiger partial charge in [-0.1, -0.05) is 53.5 Å². The third-order valence-corrected chi connectivity index (χ3v) is 4.47. The smallest absolute Gasteiger partial charge is 0.0609 e. The zero-order chi connectivity index (χ0) is 16.9. The Balaban J connectivity index is 1.77. The number of hydrogen-bond acceptors (Lipinski definition) is 2. The monoisotopic (exact) mass is 357 g/mol. The molecule has 0 atom stereocenters. The largest absolute Gasteiger partial charge is 0.343 e. The van der Waals surface area contributed by atoms with Gasteiger partial charge in [-0.15, -0.1) is 6.58 Å². The van der Waals surface area contributed by atoms with E-state index in [1.165, 1.54) is 0 Å². The summed E-state index contributed by atoms with van der Waals surface area (Å²) in [7, 11) is 0. The van der Waals surface area contributed by atoms with Crippen LogP contribution in [0.2, 0.25) is 10.0 Å². The molecule has 1 heterocycles. The lowest BCUT2D eigenvalue weighted by Gasteiger charge is -2.05. The molecule has 3 nitrogen and oxygen atoms in total. The van der Waals surface area contributed by atoms with Crippen LogP contribution in [0.25, 0.3) is 10.9 Å². The fraction of sp³-hybridized carbons (Fsp3) is 0.105. The Morgan fingerprint density at radius 1 is 1.08 bits per heavy atom. The molecule has 122 valence electrons. The normalized spacial score (nSPS) is 11.2. The van der Waals surface area contributed by atoms with Gasteiger partial charge in [-0.3, -0.25) is 0 Å². The Morgan fingerprint density at radius 3 is 2.58 bits per heavy atom. The summed E-state index contributed by atoms with van der Waals surface area (Å²) < 4.78 is 2.15. The van der Waals surface area contributed by atoms with E-state index in [1.807, 2.05) is 42.6 Å². The fourth-order valence-corrected chi connectivity index (χ4v) is 3.14. The second-order valence-electron chi connectivity index (χ2n) is 5.34. The van der Waals surface area contributed by atoms with Crippen LogP contribution in [0.15, 0.2) is 66.4 Å². The summed E-state index contributed by atoms with van der Waals surface area (Å²) in [6.07, 6.45) is 5.76. The van der Waals surface area contributed by atoms with Crippen LogP contribution < -0.4 is 5.43 Å². The minimum absolute atomic E-state index is 0.473. The van der Waals surface area contributed by atoms with E-state index in [0.717, 1.165) is 28.6 Å². The topological polar surface area (TPSA) is 29.3 Å². The van der Waals surface area contributed by atoms with Crippen LogP contribution >= 0.6 is 23.2 Å². The summed E-state index contributed by atoms with van der Waals surface area (Å²) in [6.45, 7) is 5.04. The summed E-state index contributed by atoms with van der Waals surface area (Å²) in [5, 5.41) is 6.73. The first-order chi connectivity index (χ1) is 11.7. The summed E-state index contributed by atoms with van der Waals surface area (Å²) >= 11 is 12.3. The number of allylic oxidation sites excluding steroid dienone is 1. The lowest BCUT2D eigenvalue weighted by Crippen LogP contribution is -2.06. The average Bonchev–Trinajstić information content (AvgIpc) is 2.92. The van der Waals surface area contributed by atoms with Crippen LogP contribution in [0, 0.1) is 0 Å². The number of para-hydroxylation sites is 1. The van der Waals surface area contributed by atoms with Crippen molar-refractivity contribution in [2.75, 3.05) is 0 Å². The van der Waals surface area contributed by atoms with E-state index in [0.29, 0.717) is 16.6 Å². The second kappa shape index (κ2) is 7.56. The molecule has 0 saturated carbocycles. The van der Waals surface area contributed by atoms with Crippen molar-refractivity contribution in [2.24, 2.45) is 5.10 Å². The molecule has 3 aromatic rings. The molecule has 0 bridgehead atoms. The Hall–Kier alpha value is -2.23. The van der Waals surface area contributed by atoms with E-state index in [9.17, 15) is 0 Å². The number of halogens is 2. The minimum Gasteiger partial charge on any atom is -0.343 e. The molecule has 24 heavy (non-hydrogen) atoms. The van der Waals surface area contributed by atoms with Crippen LogP contribution in [0.5, 0.6) is 0 Å². The van der Waals surface area contributed by atoms with E-state index in [-0.39, 0.29) is 0 Å². The first kappa shape index (κ1) is 16.6. The molecule has 1 aromatic heterocycles. The maximum absolute atomic E-state index is 6.15. The first-order valence-corrected chi connectivity index (χ1v) is 8.34. The summed E-state index contributed by atoms with van der Waals surface area (Å²) in [4.78, 5) is 0. The first-order valence-electron chi connectivity index (χ1n) is 7.58. The van der Waals surface area contributed by atoms with Gasteiger partial charge in [-0.2, -0.15) is 5.10 Å². The molecule has 5 heteroatoms. The predicted octanol–water partition coefficient (Wildman–Crippen LogP) is 5.26. The van der Waals surface area contributed by atoms with Gasteiger partial charge in [0, 0.05) is 44.8 Å². The highest BCUT2D eigenvalue weighted by molar-refractivity contribution is 6.35. The van der Waals surface area contributed by atoms with Crippen LogP contribution in [0.3, 0.4) is 0 Å². The van der Waals surface area contributed by atoms with Gasteiger partial charge in [-0.05, 0) is 18.2 Å². The molecule has 2 aromatic carbocycles. The number of fused-ring (bicyclic) bond motifs is 1. The van der Waals surface area contributed by atoms with E-state index < -0.39 is 0 Å². The van der Waals surface area contributed by atoms with E-state index in [2.05, 4.69) is 40.0 Å². The number of nitrogens with one attached hydrogen (secondary N) is 1. The molecular formula is C19H17Cl2N3. The molecule has 0 saturated heterocycles. The van der Waals surface area contributed by atoms with Crippen LogP contribution in [0.4, 0.5) is 0 Å². The van der Waals surface area contributed by atoms with Gasteiger partial charge in [0.25, 0.3) is 0 Å². The molecule has 0 amide bonds. The highest BCUT2D eigenvalue weighted by atomic mass is 35.5. The van der Waals surface area contributed by atoms with Crippen molar-refractivity contribution in [3.05, 3.63) is 82.5 Å². The van der Waals surface area contributed by atoms with Gasteiger partial charge in [0.05, 0.1) is 12.8 Å². The molecule has 1 N–H and O–H groups in total. The Labute approximate surface area is 151 Å². The highest BCUT2D eigenvalue weighted by Crippen LogP contribution is 2.24. The van der Waals surface area contributed by atoms with Gasteiger partial charge >= 0.3 is 0 Å². The van der Waals surface area contributed by atoms with Crippen LogP contribution in [-0.4, -0.2) is 10.8 Å². The molecule has 0 radical (unpaired) electrons. The van der Waals surface area contributed by atoms with Crippen molar-refractivity contribution in [1.82, 2.24) is 9.99 Å². The maximum atomic E-state index is 6.15.